The van der Waals surface area contributed by atoms with Gasteiger partial charge in [0.25, 0.3) is 0 Å². The van der Waals surface area contributed by atoms with Crippen LogP contribution >= 0.6 is 0 Å². The van der Waals surface area contributed by atoms with E-state index in [1.165, 1.54) is 50.2 Å². The van der Waals surface area contributed by atoms with E-state index in [1.54, 1.807) is 0 Å². The van der Waals surface area contributed by atoms with E-state index >= 15 is 0 Å². The normalized spacial score (nSPS) is 11.5. The topological polar surface area (TPSA) is 31.0 Å². The van der Waals surface area contributed by atoms with Gasteiger partial charge in [-0.25, -0.2) is 4.98 Å². The number of rotatable bonds is 4. The van der Waals surface area contributed by atoms with Gasteiger partial charge < -0.3 is 4.42 Å². The van der Waals surface area contributed by atoms with E-state index in [0.717, 1.165) is 33.3 Å². The molecule has 7 rings (SSSR count). The number of para-hydroxylation sites is 1. The van der Waals surface area contributed by atoms with Crippen LogP contribution in [0.1, 0.15) is 22.3 Å². The summed E-state index contributed by atoms with van der Waals surface area (Å²) in [6.07, 6.45) is 3.94. The number of aromatic nitrogens is 2. The van der Waals surface area contributed by atoms with Crippen molar-refractivity contribution in [1.82, 2.24) is 9.55 Å². The second-order valence-corrected chi connectivity index (χ2v) is 10.7. The van der Waals surface area contributed by atoms with Gasteiger partial charge in [0.05, 0.1) is 5.69 Å². The molecule has 3 nitrogen and oxygen atoms in total. The summed E-state index contributed by atoms with van der Waals surface area (Å²) in [5, 5.41) is 2.31. The van der Waals surface area contributed by atoms with Crippen molar-refractivity contribution in [2.45, 2.75) is 27.7 Å². The zero-order chi connectivity index (χ0) is 27.4. The Kier molecular flexibility index (Phi) is 5.67. The average Bonchev–Trinajstić information content (AvgIpc) is 3.58. The summed E-state index contributed by atoms with van der Waals surface area (Å²) in [7, 11) is 0. The van der Waals surface area contributed by atoms with E-state index in [0.29, 0.717) is 0 Å². The maximum absolute atomic E-state index is 6.08. The number of aryl methyl sites for hydroxylation is 3. The summed E-state index contributed by atoms with van der Waals surface area (Å²) in [5.41, 5.74) is 14.1. The number of fused-ring (bicyclic) bond motifs is 3. The van der Waals surface area contributed by atoms with E-state index in [9.17, 15) is 0 Å². The van der Waals surface area contributed by atoms with Gasteiger partial charge in [-0.3, -0.25) is 4.57 Å². The molecule has 0 aliphatic heterocycles. The van der Waals surface area contributed by atoms with Crippen molar-refractivity contribution in [2.75, 3.05) is 0 Å². The highest BCUT2D eigenvalue weighted by Gasteiger charge is 2.17. The number of benzene rings is 5. The van der Waals surface area contributed by atoms with E-state index in [-0.39, 0.29) is 0 Å². The van der Waals surface area contributed by atoms with Crippen LogP contribution in [0.5, 0.6) is 0 Å². The van der Waals surface area contributed by atoms with E-state index in [2.05, 4.69) is 117 Å². The summed E-state index contributed by atoms with van der Waals surface area (Å²) in [6, 6.07) is 34.3. The molecule has 0 saturated carbocycles. The molecule has 7 aromatic rings. The van der Waals surface area contributed by atoms with E-state index in [1.807, 2.05) is 24.4 Å². The van der Waals surface area contributed by atoms with Crippen molar-refractivity contribution >= 4 is 21.9 Å². The third-order valence-corrected chi connectivity index (χ3v) is 8.05. The molecule has 0 bridgehead atoms. The van der Waals surface area contributed by atoms with Crippen LogP contribution in [0.25, 0.3) is 61.3 Å². The van der Waals surface area contributed by atoms with Crippen molar-refractivity contribution in [3.05, 3.63) is 132 Å². The Labute approximate surface area is 234 Å². The van der Waals surface area contributed by atoms with Gasteiger partial charge in [0.1, 0.15) is 17.0 Å². The molecular formula is C37H30N2O. The zero-order valence-corrected chi connectivity index (χ0v) is 23.2. The molecule has 0 spiro atoms. The van der Waals surface area contributed by atoms with E-state index in [4.69, 9.17) is 9.40 Å². The standard InChI is InChI=1S/C37H30N2O/c1-23-14-16-30(28-15-17-34-32(22-28)31-12-8-9-13-33(31)40-34)26(4)35(23)29-20-24(2)36(25(3)21-29)39-19-18-38-37(39)27-10-6-5-7-11-27/h5-22H,1-4H3. The molecule has 0 aliphatic carbocycles. The van der Waals surface area contributed by atoms with Crippen LogP contribution in [0.4, 0.5) is 0 Å². The third-order valence-electron chi connectivity index (χ3n) is 8.05. The highest BCUT2D eigenvalue weighted by atomic mass is 16.3. The first-order valence-corrected chi connectivity index (χ1v) is 13.7. The molecule has 2 heterocycles. The average molecular weight is 519 g/mol. The highest BCUT2D eigenvalue weighted by molar-refractivity contribution is 6.06. The fourth-order valence-electron chi connectivity index (χ4n) is 6.26. The molecule has 0 N–H and O–H groups in total. The van der Waals surface area contributed by atoms with Crippen LogP contribution in [0, 0.1) is 27.7 Å². The lowest BCUT2D eigenvalue weighted by Crippen LogP contribution is -2.03. The maximum Gasteiger partial charge on any atom is 0.144 e. The van der Waals surface area contributed by atoms with Crippen LogP contribution in [0.2, 0.25) is 0 Å². The smallest absolute Gasteiger partial charge is 0.144 e. The molecule has 2 aromatic heterocycles. The summed E-state index contributed by atoms with van der Waals surface area (Å²) in [4.78, 5) is 4.69. The third kappa shape index (κ3) is 3.85. The number of hydrogen-bond acceptors (Lipinski definition) is 2. The molecule has 40 heavy (non-hydrogen) atoms. The van der Waals surface area contributed by atoms with Gasteiger partial charge in [0, 0.05) is 28.7 Å². The van der Waals surface area contributed by atoms with Crippen molar-refractivity contribution in [2.24, 2.45) is 0 Å². The van der Waals surface area contributed by atoms with Gasteiger partial charge >= 0.3 is 0 Å². The van der Waals surface area contributed by atoms with Gasteiger partial charge in [-0.15, -0.1) is 0 Å². The molecule has 0 unspecified atom stereocenters. The van der Waals surface area contributed by atoms with Crippen molar-refractivity contribution in [3.8, 4) is 39.3 Å². The Hall–Kier alpha value is -4.89. The minimum Gasteiger partial charge on any atom is -0.456 e. The fraction of sp³-hybridized carbons (Fsp3) is 0.108. The SMILES string of the molecule is Cc1ccc(-c2ccc3oc4ccccc4c3c2)c(C)c1-c1cc(C)c(-n2ccnc2-c2ccccc2)c(C)c1. The molecule has 0 radical (unpaired) electrons. The first-order chi connectivity index (χ1) is 19.5. The Morgan fingerprint density at radius 2 is 1.32 bits per heavy atom. The second-order valence-electron chi connectivity index (χ2n) is 10.7. The van der Waals surface area contributed by atoms with Gasteiger partial charge in [0.15, 0.2) is 0 Å². The lowest BCUT2D eigenvalue weighted by atomic mass is 9.87. The molecule has 0 atom stereocenters. The van der Waals surface area contributed by atoms with Gasteiger partial charge in [-0.2, -0.15) is 0 Å². The van der Waals surface area contributed by atoms with Gasteiger partial charge in [-0.1, -0.05) is 66.7 Å². The van der Waals surface area contributed by atoms with Crippen LogP contribution in [-0.2, 0) is 0 Å². The number of nitrogens with zero attached hydrogens (tertiary/aromatic N) is 2. The maximum atomic E-state index is 6.08. The van der Waals surface area contributed by atoms with Crippen molar-refractivity contribution < 1.29 is 4.42 Å². The quantitative estimate of drug-likeness (QED) is 0.232. The van der Waals surface area contributed by atoms with Crippen LogP contribution in [0.15, 0.2) is 114 Å². The van der Waals surface area contributed by atoms with E-state index < -0.39 is 0 Å². The fourth-order valence-corrected chi connectivity index (χ4v) is 6.26. The van der Waals surface area contributed by atoms with Crippen molar-refractivity contribution in [3.63, 3.8) is 0 Å². The van der Waals surface area contributed by atoms with Crippen LogP contribution < -0.4 is 0 Å². The predicted molar refractivity (Wildman–Crippen MR) is 166 cm³/mol. The Morgan fingerprint density at radius 1 is 0.600 bits per heavy atom. The number of furan rings is 1. The minimum absolute atomic E-state index is 0.922. The number of imidazole rings is 1. The molecule has 3 heteroatoms. The Balaban J connectivity index is 1.35. The summed E-state index contributed by atoms with van der Waals surface area (Å²) in [5.74, 6) is 0.955. The number of hydrogen-bond donors (Lipinski definition) is 0. The summed E-state index contributed by atoms with van der Waals surface area (Å²) < 4.78 is 8.30. The highest BCUT2D eigenvalue weighted by Crippen LogP contribution is 2.39. The summed E-state index contributed by atoms with van der Waals surface area (Å²) >= 11 is 0. The second kappa shape index (κ2) is 9.39. The van der Waals surface area contributed by atoms with Gasteiger partial charge in [-0.05, 0) is 103 Å². The lowest BCUT2D eigenvalue weighted by Gasteiger charge is -2.19. The first kappa shape index (κ1) is 24.2. The zero-order valence-electron chi connectivity index (χ0n) is 23.2. The van der Waals surface area contributed by atoms with Gasteiger partial charge in [0.2, 0.25) is 0 Å². The van der Waals surface area contributed by atoms with Crippen molar-refractivity contribution in [1.29, 1.82) is 0 Å². The van der Waals surface area contributed by atoms with Crippen LogP contribution in [-0.4, -0.2) is 9.55 Å². The Bertz CT molecular complexity index is 2020. The molecule has 0 fully saturated rings. The predicted octanol–water partition coefficient (Wildman–Crippen LogP) is 10.0. The molecule has 194 valence electrons. The summed E-state index contributed by atoms with van der Waals surface area (Å²) in [6.45, 7) is 8.86. The molecule has 0 amide bonds. The molecule has 0 aliphatic rings. The Morgan fingerprint density at radius 3 is 2.12 bits per heavy atom. The first-order valence-electron chi connectivity index (χ1n) is 13.7. The minimum atomic E-state index is 0.922. The molecular weight excluding hydrogens is 488 g/mol. The van der Waals surface area contributed by atoms with Crippen LogP contribution in [0.3, 0.4) is 0 Å². The monoisotopic (exact) mass is 518 g/mol. The molecule has 0 saturated heterocycles. The lowest BCUT2D eigenvalue weighted by molar-refractivity contribution is 0.669. The largest absolute Gasteiger partial charge is 0.456 e. The molecule has 5 aromatic carbocycles.